The zero-order valence-corrected chi connectivity index (χ0v) is 10.1. The number of nitro benzene ring substituents is 1. The minimum Gasteiger partial charge on any atom is -0.397 e. The van der Waals surface area contributed by atoms with Crippen molar-refractivity contribution in [1.82, 2.24) is 0 Å². The molecule has 1 aromatic carbocycles. The number of nitro groups is 1. The second kappa shape index (κ2) is 5.91. The average molecular weight is 267 g/mol. The molecule has 0 amide bonds. The van der Waals surface area contributed by atoms with Gasteiger partial charge in [0, 0.05) is 5.56 Å². The molecule has 0 radical (unpaired) electrons. The third-order valence-electron chi connectivity index (χ3n) is 2.47. The van der Waals surface area contributed by atoms with Crippen LogP contribution in [0.15, 0.2) is 17.7 Å². The summed E-state index contributed by atoms with van der Waals surface area (Å²) < 4.78 is 27.1. The molecule has 0 spiro atoms. The average Bonchev–Trinajstić information content (AvgIpc) is 2.37. The van der Waals surface area contributed by atoms with E-state index < -0.39 is 27.8 Å². The van der Waals surface area contributed by atoms with Gasteiger partial charge in [-0.15, -0.1) is 0 Å². The summed E-state index contributed by atoms with van der Waals surface area (Å²) >= 11 is 0. The van der Waals surface area contributed by atoms with Gasteiger partial charge in [0.2, 0.25) is 5.82 Å². The van der Waals surface area contributed by atoms with E-state index in [2.05, 4.69) is 0 Å². The zero-order chi connectivity index (χ0) is 14.6. The number of rotatable bonds is 4. The van der Waals surface area contributed by atoms with Crippen LogP contribution in [0.4, 0.5) is 14.5 Å². The molecule has 0 heterocycles. The van der Waals surface area contributed by atoms with Gasteiger partial charge in [0.1, 0.15) is 5.82 Å². The summed E-state index contributed by atoms with van der Waals surface area (Å²) in [5.74, 6) is -2.23. The van der Waals surface area contributed by atoms with Crippen molar-refractivity contribution >= 4 is 11.4 Å². The van der Waals surface area contributed by atoms with Crippen molar-refractivity contribution in [3.05, 3.63) is 45.0 Å². The first-order valence-corrected chi connectivity index (χ1v) is 5.44. The fourth-order valence-corrected chi connectivity index (χ4v) is 1.57. The zero-order valence-electron chi connectivity index (χ0n) is 10.1. The van der Waals surface area contributed by atoms with Gasteiger partial charge in [-0.2, -0.15) is 9.65 Å². The van der Waals surface area contributed by atoms with E-state index in [9.17, 15) is 18.9 Å². The predicted octanol–water partition coefficient (Wildman–Crippen LogP) is 2.87. The first-order chi connectivity index (χ1) is 8.92. The molecule has 0 atom stereocenters. The molecule has 0 aromatic heterocycles. The van der Waals surface area contributed by atoms with Gasteiger partial charge >= 0.3 is 5.69 Å². The lowest BCUT2D eigenvalue weighted by atomic mass is 10.0. The quantitative estimate of drug-likeness (QED) is 0.515. The molecule has 0 unspecified atom stereocenters. The van der Waals surface area contributed by atoms with Gasteiger partial charge in [-0.3, -0.25) is 10.1 Å². The van der Waals surface area contributed by atoms with Crippen molar-refractivity contribution < 1.29 is 13.7 Å². The molecule has 1 rings (SSSR count). The molecule has 5 nitrogen and oxygen atoms in total. The summed E-state index contributed by atoms with van der Waals surface area (Å²) in [7, 11) is 0. The van der Waals surface area contributed by atoms with Crippen LogP contribution in [0, 0.1) is 33.1 Å². The van der Waals surface area contributed by atoms with Gasteiger partial charge in [-0.05, 0) is 12.5 Å². The van der Waals surface area contributed by atoms with Crippen LogP contribution in [0.3, 0.4) is 0 Å². The molecular formula is C12H11F2N3O2. The molecule has 0 bridgehead atoms. The summed E-state index contributed by atoms with van der Waals surface area (Å²) in [5.41, 5.74) is 3.93. The van der Waals surface area contributed by atoms with E-state index in [0.29, 0.717) is 12.5 Å². The molecule has 0 aliphatic heterocycles. The lowest BCUT2D eigenvalue weighted by Crippen LogP contribution is -2.06. The molecular weight excluding hydrogens is 256 g/mol. The van der Waals surface area contributed by atoms with E-state index >= 15 is 0 Å². The van der Waals surface area contributed by atoms with Crippen LogP contribution in [0.5, 0.6) is 0 Å². The minimum atomic E-state index is -1.24. The third kappa shape index (κ3) is 3.04. The fraction of sp³-hybridized carbons (Fsp3) is 0.250. The van der Waals surface area contributed by atoms with Gasteiger partial charge in [0.25, 0.3) is 0 Å². The van der Waals surface area contributed by atoms with Gasteiger partial charge in [0.05, 0.1) is 28.3 Å². The smallest absolute Gasteiger partial charge is 0.308 e. The highest BCUT2D eigenvalue weighted by Gasteiger charge is 2.22. The van der Waals surface area contributed by atoms with Crippen molar-refractivity contribution in [3.63, 3.8) is 0 Å². The fourth-order valence-electron chi connectivity index (χ4n) is 1.57. The minimum absolute atomic E-state index is 0.0706. The Morgan fingerprint density at radius 3 is 2.63 bits per heavy atom. The van der Waals surface area contributed by atoms with E-state index in [4.69, 9.17) is 11.0 Å². The van der Waals surface area contributed by atoms with Gasteiger partial charge < -0.3 is 5.73 Å². The maximum Gasteiger partial charge on any atom is 0.308 e. The van der Waals surface area contributed by atoms with Crippen LogP contribution in [0.25, 0.3) is 5.70 Å². The molecule has 0 aliphatic rings. The van der Waals surface area contributed by atoms with E-state index in [1.807, 2.05) is 0 Å². The van der Waals surface area contributed by atoms with Crippen LogP contribution in [0.2, 0.25) is 0 Å². The number of nitrogens with zero attached hydrogens (tertiary/aromatic N) is 2. The van der Waals surface area contributed by atoms with Crippen molar-refractivity contribution in [2.75, 3.05) is 0 Å². The summed E-state index contributed by atoms with van der Waals surface area (Å²) in [6.07, 6.45) is 0.870. The van der Waals surface area contributed by atoms with Gasteiger partial charge in [-0.25, -0.2) is 4.39 Å². The Bertz CT molecular complexity index is 591. The van der Waals surface area contributed by atoms with Crippen molar-refractivity contribution in [2.24, 2.45) is 5.73 Å². The molecule has 0 saturated carbocycles. The Hall–Kier alpha value is -2.49. The first-order valence-electron chi connectivity index (χ1n) is 5.44. The van der Waals surface area contributed by atoms with Crippen LogP contribution >= 0.6 is 0 Å². The molecule has 2 N–H and O–H groups in total. The third-order valence-corrected chi connectivity index (χ3v) is 2.47. The van der Waals surface area contributed by atoms with E-state index in [-0.39, 0.29) is 17.7 Å². The van der Waals surface area contributed by atoms with Crippen molar-refractivity contribution in [1.29, 1.82) is 5.26 Å². The molecule has 0 saturated heterocycles. The Morgan fingerprint density at radius 1 is 1.53 bits per heavy atom. The van der Waals surface area contributed by atoms with Gasteiger partial charge in [-0.1, -0.05) is 13.3 Å². The van der Waals surface area contributed by atoms with E-state index in [0.717, 1.165) is 6.07 Å². The largest absolute Gasteiger partial charge is 0.397 e. The second-order valence-electron chi connectivity index (χ2n) is 3.80. The normalized spacial score (nSPS) is 11.7. The highest BCUT2D eigenvalue weighted by atomic mass is 19.1. The van der Waals surface area contributed by atoms with E-state index in [1.165, 1.54) is 0 Å². The Labute approximate surface area is 108 Å². The number of nitriles is 1. The number of nitrogens with two attached hydrogens (primary N) is 1. The topological polar surface area (TPSA) is 93.0 Å². The lowest BCUT2D eigenvalue weighted by molar-refractivity contribution is -0.387. The molecule has 100 valence electrons. The predicted molar refractivity (Wildman–Crippen MR) is 64.6 cm³/mol. The van der Waals surface area contributed by atoms with Crippen LogP contribution in [0.1, 0.15) is 25.3 Å². The highest BCUT2D eigenvalue weighted by Crippen LogP contribution is 2.27. The second-order valence-corrected chi connectivity index (χ2v) is 3.80. The monoisotopic (exact) mass is 267 g/mol. The van der Waals surface area contributed by atoms with Crippen LogP contribution < -0.4 is 5.73 Å². The number of allylic oxidation sites excluding steroid dienone is 1. The maximum absolute atomic E-state index is 13.9. The Kier molecular flexibility index (Phi) is 4.53. The van der Waals surface area contributed by atoms with Gasteiger partial charge in [0.15, 0.2) is 0 Å². The molecule has 19 heavy (non-hydrogen) atoms. The number of hydrogen-bond acceptors (Lipinski definition) is 4. The molecule has 0 fully saturated rings. The highest BCUT2D eigenvalue weighted by molar-refractivity contribution is 5.71. The van der Waals surface area contributed by atoms with Crippen molar-refractivity contribution in [2.45, 2.75) is 19.8 Å². The lowest BCUT2D eigenvalue weighted by Gasteiger charge is -2.07. The summed E-state index contributed by atoms with van der Waals surface area (Å²) in [4.78, 5) is 9.55. The summed E-state index contributed by atoms with van der Waals surface area (Å²) in [5, 5.41) is 19.5. The summed E-state index contributed by atoms with van der Waals surface area (Å²) in [6, 6.07) is 3.00. The molecule has 1 aromatic rings. The number of benzene rings is 1. The summed E-state index contributed by atoms with van der Waals surface area (Å²) in [6.45, 7) is 1.79. The first kappa shape index (κ1) is 14.6. The van der Waals surface area contributed by atoms with E-state index in [1.54, 1.807) is 13.0 Å². The molecule has 7 heteroatoms. The Morgan fingerprint density at radius 2 is 2.16 bits per heavy atom. The van der Waals surface area contributed by atoms with Crippen LogP contribution in [-0.2, 0) is 0 Å². The number of hydrogen-bond donors (Lipinski definition) is 1. The SMILES string of the molecule is CCC/C(C#N)=C(/N)c1cc(F)cc([N+](=O)[O-])c1F. The molecule has 0 aliphatic carbocycles. The number of halogens is 2. The van der Waals surface area contributed by atoms with Crippen LogP contribution in [-0.4, -0.2) is 4.92 Å². The van der Waals surface area contributed by atoms with Crippen molar-refractivity contribution in [3.8, 4) is 6.07 Å². The standard InChI is InChI=1S/C12H11F2N3O2/c1-2-3-7(6-15)12(16)9-4-8(13)5-10(11(9)14)17(18)19/h4-5H,2-3,16H2,1H3/b12-7-. The maximum atomic E-state index is 13.9. The Balaban J connectivity index is 3.51.